The van der Waals surface area contributed by atoms with Gasteiger partial charge in [-0.25, -0.2) is 9.50 Å². The molecule has 1 saturated carbocycles. The average molecular weight is 407 g/mol. The Morgan fingerprint density at radius 1 is 1.27 bits per heavy atom. The lowest BCUT2D eigenvalue weighted by Crippen LogP contribution is -2.29. The summed E-state index contributed by atoms with van der Waals surface area (Å²) in [7, 11) is 0. The Labute approximate surface area is 173 Å². The minimum Gasteiger partial charge on any atom is -0.463 e. The van der Waals surface area contributed by atoms with Gasteiger partial charge in [-0.05, 0) is 45.6 Å². The van der Waals surface area contributed by atoms with Crippen molar-refractivity contribution in [3.8, 4) is 6.01 Å². The molecule has 10 heteroatoms. The van der Waals surface area contributed by atoms with E-state index in [0.29, 0.717) is 24.5 Å². The number of hydrogen-bond donors (Lipinski definition) is 2. The Morgan fingerprint density at radius 3 is 2.97 bits per heavy atom. The quantitative estimate of drug-likeness (QED) is 0.505. The number of rotatable bonds is 6. The molecular weight excluding hydrogens is 382 g/mol. The zero-order valence-corrected chi connectivity index (χ0v) is 17.3. The molecule has 1 aliphatic carbocycles. The smallest absolute Gasteiger partial charge is 0.317 e. The number of hydrogen-bond acceptors (Lipinski definition) is 7. The molecule has 4 heterocycles. The van der Waals surface area contributed by atoms with Gasteiger partial charge in [0.1, 0.15) is 11.8 Å². The summed E-state index contributed by atoms with van der Waals surface area (Å²) in [6, 6.07) is 4.56. The normalized spacial score (nSPS) is 19.0. The second kappa shape index (κ2) is 7.12. The maximum atomic E-state index is 5.94. The number of H-pyrrole nitrogens is 1. The molecule has 0 radical (unpaired) electrons. The Kier molecular flexibility index (Phi) is 4.41. The third-order valence-corrected chi connectivity index (χ3v) is 5.53. The molecule has 5 rings (SSSR count). The number of fused-ring (bicyclic) bond motifs is 1. The Hall–Kier alpha value is -3.43. The first-order valence-electron chi connectivity index (χ1n) is 10.1. The van der Waals surface area contributed by atoms with Crippen molar-refractivity contribution >= 4 is 17.2 Å². The predicted octanol–water partition coefficient (Wildman–Crippen LogP) is 3.12. The van der Waals surface area contributed by atoms with Crippen molar-refractivity contribution in [1.82, 2.24) is 39.6 Å². The topological polar surface area (TPSA) is 111 Å². The van der Waals surface area contributed by atoms with Crippen molar-refractivity contribution in [3.05, 3.63) is 42.7 Å². The van der Waals surface area contributed by atoms with Crippen molar-refractivity contribution in [2.45, 2.75) is 45.1 Å². The SMILES string of the molecule is CC(C)(C)n1cnnc1OCC1CC(c2cc(Nc3nccn4nccc34)n[nH]2)C1. The Bertz CT molecular complexity index is 1150. The standard InChI is InChI=1S/C20H25N9O/c1-20(2,3)28-12-22-27-19(28)30-11-13-8-14(9-13)15-10-17(26-25-15)24-18-16-4-5-23-29(16)7-6-21-18/h4-7,10,12-14H,8-9,11H2,1-3H3,(H2,21,24,25,26). The van der Waals surface area contributed by atoms with Crippen LogP contribution in [0.2, 0.25) is 0 Å². The molecule has 1 aliphatic rings. The molecule has 0 atom stereocenters. The highest BCUT2D eigenvalue weighted by Gasteiger charge is 2.33. The van der Waals surface area contributed by atoms with Gasteiger partial charge in [0, 0.05) is 35.6 Å². The van der Waals surface area contributed by atoms with Gasteiger partial charge < -0.3 is 10.1 Å². The Morgan fingerprint density at radius 2 is 2.13 bits per heavy atom. The number of aromatic amines is 1. The van der Waals surface area contributed by atoms with Crippen LogP contribution in [-0.4, -0.2) is 46.2 Å². The van der Waals surface area contributed by atoms with E-state index in [1.807, 2.05) is 16.8 Å². The summed E-state index contributed by atoms with van der Waals surface area (Å²) in [6.45, 7) is 6.97. The van der Waals surface area contributed by atoms with E-state index in [2.05, 4.69) is 62.6 Å². The van der Waals surface area contributed by atoms with Crippen LogP contribution in [-0.2, 0) is 5.54 Å². The molecular formula is C20H25N9O. The highest BCUT2D eigenvalue weighted by Crippen LogP contribution is 2.41. The second-order valence-corrected chi connectivity index (χ2v) is 8.77. The van der Waals surface area contributed by atoms with Crippen molar-refractivity contribution in [3.63, 3.8) is 0 Å². The molecule has 1 fully saturated rings. The molecule has 4 aromatic rings. The molecule has 0 aromatic carbocycles. The van der Waals surface area contributed by atoms with E-state index in [1.165, 1.54) is 0 Å². The molecule has 2 N–H and O–H groups in total. The van der Waals surface area contributed by atoms with Crippen molar-refractivity contribution in [2.75, 3.05) is 11.9 Å². The molecule has 0 spiro atoms. The minimum atomic E-state index is -0.101. The fraction of sp³-hybridized carbons (Fsp3) is 0.450. The van der Waals surface area contributed by atoms with Crippen molar-refractivity contribution in [2.24, 2.45) is 5.92 Å². The number of nitrogens with one attached hydrogen (secondary N) is 2. The Balaban J connectivity index is 1.16. The molecule has 0 amide bonds. The molecule has 0 aliphatic heterocycles. The summed E-state index contributed by atoms with van der Waals surface area (Å²) in [5.41, 5.74) is 1.94. The lowest BCUT2D eigenvalue weighted by atomic mass is 9.74. The number of nitrogens with zero attached hydrogens (tertiary/aromatic N) is 7. The lowest BCUT2D eigenvalue weighted by Gasteiger charge is -2.34. The van der Waals surface area contributed by atoms with Gasteiger partial charge in [0.15, 0.2) is 11.6 Å². The first-order valence-corrected chi connectivity index (χ1v) is 10.1. The number of anilines is 2. The molecule has 0 unspecified atom stereocenters. The van der Waals surface area contributed by atoms with E-state index in [9.17, 15) is 0 Å². The van der Waals surface area contributed by atoms with Crippen LogP contribution < -0.4 is 10.1 Å². The summed E-state index contributed by atoms with van der Waals surface area (Å²) in [6.07, 6.45) is 9.11. The fourth-order valence-corrected chi connectivity index (χ4v) is 3.79. The minimum absolute atomic E-state index is 0.101. The van der Waals surface area contributed by atoms with Gasteiger partial charge in [0.2, 0.25) is 0 Å². The van der Waals surface area contributed by atoms with E-state index >= 15 is 0 Å². The van der Waals surface area contributed by atoms with Crippen LogP contribution in [0.25, 0.3) is 5.52 Å². The maximum absolute atomic E-state index is 5.94. The summed E-state index contributed by atoms with van der Waals surface area (Å²) in [5, 5.41) is 23.1. The number of aromatic nitrogens is 8. The maximum Gasteiger partial charge on any atom is 0.317 e. The zero-order chi connectivity index (χ0) is 20.7. The molecule has 156 valence electrons. The molecule has 0 bridgehead atoms. The van der Waals surface area contributed by atoms with Crippen molar-refractivity contribution in [1.29, 1.82) is 0 Å². The van der Waals surface area contributed by atoms with E-state index in [-0.39, 0.29) is 5.54 Å². The highest BCUT2D eigenvalue weighted by atomic mass is 16.5. The van der Waals surface area contributed by atoms with Gasteiger partial charge in [-0.15, -0.1) is 5.10 Å². The summed E-state index contributed by atoms with van der Waals surface area (Å²) in [5.74, 6) is 2.45. The second-order valence-electron chi connectivity index (χ2n) is 8.77. The van der Waals surface area contributed by atoms with Gasteiger partial charge in [-0.1, -0.05) is 5.10 Å². The van der Waals surface area contributed by atoms with E-state index in [4.69, 9.17) is 4.74 Å². The third-order valence-electron chi connectivity index (χ3n) is 5.53. The van der Waals surface area contributed by atoms with Gasteiger partial charge in [0.05, 0.1) is 12.8 Å². The summed E-state index contributed by atoms with van der Waals surface area (Å²) >= 11 is 0. The summed E-state index contributed by atoms with van der Waals surface area (Å²) < 4.78 is 9.69. The van der Waals surface area contributed by atoms with E-state index in [1.54, 1.807) is 23.2 Å². The van der Waals surface area contributed by atoms with Gasteiger partial charge >= 0.3 is 6.01 Å². The van der Waals surface area contributed by atoms with Crippen LogP contribution in [0.5, 0.6) is 6.01 Å². The van der Waals surface area contributed by atoms with Crippen LogP contribution >= 0.6 is 0 Å². The van der Waals surface area contributed by atoms with E-state index < -0.39 is 0 Å². The summed E-state index contributed by atoms with van der Waals surface area (Å²) in [4.78, 5) is 4.39. The molecule has 30 heavy (non-hydrogen) atoms. The van der Waals surface area contributed by atoms with Crippen LogP contribution in [0.3, 0.4) is 0 Å². The van der Waals surface area contributed by atoms with Gasteiger partial charge in [-0.2, -0.15) is 10.2 Å². The predicted molar refractivity (Wildman–Crippen MR) is 111 cm³/mol. The van der Waals surface area contributed by atoms with Crippen LogP contribution in [0.4, 0.5) is 11.6 Å². The van der Waals surface area contributed by atoms with Crippen LogP contribution in [0.15, 0.2) is 37.1 Å². The van der Waals surface area contributed by atoms with Gasteiger partial charge in [-0.3, -0.25) is 9.67 Å². The fourth-order valence-electron chi connectivity index (χ4n) is 3.79. The third kappa shape index (κ3) is 3.49. The van der Waals surface area contributed by atoms with Gasteiger partial charge in [0.25, 0.3) is 0 Å². The lowest BCUT2D eigenvalue weighted by molar-refractivity contribution is 0.137. The van der Waals surface area contributed by atoms with Crippen molar-refractivity contribution < 1.29 is 4.74 Å². The highest BCUT2D eigenvalue weighted by molar-refractivity contribution is 5.71. The largest absolute Gasteiger partial charge is 0.463 e. The first kappa shape index (κ1) is 18.6. The zero-order valence-electron chi connectivity index (χ0n) is 17.3. The average Bonchev–Trinajstić information content (AvgIpc) is 3.40. The molecule has 0 saturated heterocycles. The molecule has 10 nitrogen and oxygen atoms in total. The monoisotopic (exact) mass is 407 g/mol. The van der Waals surface area contributed by atoms with E-state index in [0.717, 1.165) is 35.7 Å². The molecule has 4 aromatic heterocycles. The van der Waals surface area contributed by atoms with Crippen LogP contribution in [0.1, 0.15) is 45.2 Å². The van der Waals surface area contributed by atoms with Crippen LogP contribution in [0, 0.1) is 5.92 Å². The number of ether oxygens (including phenoxy) is 1. The first-order chi connectivity index (χ1) is 14.5.